The first-order valence-electron chi connectivity index (χ1n) is 19.1. The van der Waals surface area contributed by atoms with Gasteiger partial charge in [-0.25, -0.2) is 4.98 Å². The van der Waals surface area contributed by atoms with Crippen molar-refractivity contribution in [3.8, 4) is 56.3 Å². The average molecular weight is 718 g/mol. The lowest BCUT2D eigenvalue weighted by atomic mass is 9.79. The molecular weight excluding hydrogens is 671 g/mol. The van der Waals surface area contributed by atoms with Crippen molar-refractivity contribution in [3.05, 3.63) is 180 Å². The Morgan fingerprint density at radius 2 is 1.20 bits per heavy atom. The second-order valence-corrected chi connectivity index (χ2v) is 16.5. The fourth-order valence-corrected chi connectivity index (χ4v) is 7.55. The molecule has 0 unspecified atom stereocenters. The van der Waals surface area contributed by atoms with Crippen LogP contribution in [-0.2, 0) is 17.3 Å². The molecule has 55 heavy (non-hydrogen) atoms. The molecule has 0 atom stereocenters. The molecule has 8 aromatic rings. The van der Waals surface area contributed by atoms with E-state index < -0.39 is 0 Å². The summed E-state index contributed by atoms with van der Waals surface area (Å²) in [5, 5.41) is 12.1. The summed E-state index contributed by atoms with van der Waals surface area (Å²) < 4.78 is 2.20. The minimum absolute atomic E-state index is 0.143. The van der Waals surface area contributed by atoms with E-state index in [1.54, 1.807) is 0 Å². The molecule has 0 aliphatic heterocycles. The predicted molar refractivity (Wildman–Crippen MR) is 229 cm³/mol. The zero-order valence-corrected chi connectivity index (χ0v) is 32.5. The fourth-order valence-electron chi connectivity index (χ4n) is 7.55. The van der Waals surface area contributed by atoms with Gasteiger partial charge in [0.2, 0.25) is 0 Å². The maximum atomic E-state index is 12.1. The molecule has 0 bridgehead atoms. The summed E-state index contributed by atoms with van der Waals surface area (Å²) in [5.74, 6) is 0.973. The molecule has 0 saturated carbocycles. The minimum Gasteiger partial charge on any atom is -0.507 e. The molecule has 0 aliphatic carbocycles. The number of hydrogen-bond donors (Lipinski definition) is 1. The molecule has 2 heterocycles. The molecule has 4 heteroatoms. The highest BCUT2D eigenvalue weighted by atomic mass is 16.3. The van der Waals surface area contributed by atoms with Gasteiger partial charge in [-0.15, -0.1) is 0 Å². The molecule has 4 nitrogen and oxygen atoms in total. The Kier molecular flexibility index (Phi) is 9.22. The summed E-state index contributed by atoms with van der Waals surface area (Å²) in [6.07, 6.45) is 2.68. The summed E-state index contributed by atoms with van der Waals surface area (Å²) in [6.45, 7) is 13.1. The van der Waals surface area contributed by atoms with Crippen LogP contribution < -0.4 is 0 Å². The van der Waals surface area contributed by atoms with Crippen LogP contribution in [0.25, 0.3) is 61.6 Å². The van der Waals surface area contributed by atoms with E-state index in [0.717, 1.165) is 67.8 Å². The van der Waals surface area contributed by atoms with Crippen molar-refractivity contribution in [1.82, 2.24) is 14.5 Å². The number of fused-ring (bicyclic) bond motifs is 1. The van der Waals surface area contributed by atoms with E-state index in [2.05, 4.69) is 180 Å². The summed E-state index contributed by atoms with van der Waals surface area (Å²) in [4.78, 5) is 10.3. The summed E-state index contributed by atoms with van der Waals surface area (Å²) in [7, 11) is 0. The van der Waals surface area contributed by atoms with Gasteiger partial charge < -0.3 is 5.11 Å². The zero-order chi connectivity index (χ0) is 38.3. The molecule has 0 aliphatic rings. The van der Waals surface area contributed by atoms with Crippen LogP contribution in [0.3, 0.4) is 0 Å². The van der Waals surface area contributed by atoms with Gasteiger partial charge in [-0.2, -0.15) is 0 Å². The number of phenolic OH excluding ortho intramolecular Hbond substituents is 1. The van der Waals surface area contributed by atoms with Crippen molar-refractivity contribution in [2.45, 2.75) is 58.8 Å². The molecule has 0 radical (unpaired) electrons. The zero-order valence-electron chi connectivity index (χ0n) is 32.5. The van der Waals surface area contributed by atoms with Crippen LogP contribution in [-0.4, -0.2) is 19.6 Å². The SMILES string of the molecule is CC(C)(C)c1cc(-c2nc3c(-c4cc(-c5ccccn5)cc(-c5ccccc5Cc5ccccc5)c4)cccc3n2-c2ccccc2)c(O)c(C(C)(C)C)c1. The van der Waals surface area contributed by atoms with Gasteiger partial charge in [-0.1, -0.05) is 139 Å². The molecule has 8 rings (SSSR count). The van der Waals surface area contributed by atoms with Crippen LogP contribution in [0.2, 0.25) is 0 Å². The van der Waals surface area contributed by atoms with Crippen molar-refractivity contribution in [1.29, 1.82) is 0 Å². The van der Waals surface area contributed by atoms with Crippen molar-refractivity contribution >= 4 is 11.0 Å². The lowest BCUT2D eigenvalue weighted by molar-refractivity contribution is 0.446. The van der Waals surface area contributed by atoms with Gasteiger partial charge in [0.15, 0.2) is 0 Å². The maximum absolute atomic E-state index is 12.1. The highest BCUT2D eigenvalue weighted by molar-refractivity contribution is 5.97. The van der Waals surface area contributed by atoms with Gasteiger partial charge in [-0.3, -0.25) is 9.55 Å². The number of phenols is 1. The van der Waals surface area contributed by atoms with Crippen LogP contribution in [0.5, 0.6) is 5.75 Å². The Bertz CT molecular complexity index is 2630. The van der Waals surface area contributed by atoms with E-state index in [1.807, 2.05) is 24.4 Å². The van der Waals surface area contributed by atoms with E-state index in [9.17, 15) is 5.11 Å². The first-order valence-corrected chi connectivity index (χ1v) is 19.1. The molecule has 0 amide bonds. The lowest BCUT2D eigenvalue weighted by Gasteiger charge is -2.27. The molecule has 1 N–H and O–H groups in total. The lowest BCUT2D eigenvalue weighted by Crippen LogP contribution is -2.17. The number of aromatic hydroxyl groups is 1. The number of hydrogen-bond acceptors (Lipinski definition) is 3. The Morgan fingerprint density at radius 3 is 1.89 bits per heavy atom. The van der Waals surface area contributed by atoms with Crippen LogP contribution >= 0.6 is 0 Å². The van der Waals surface area contributed by atoms with Crippen LogP contribution in [0.1, 0.15) is 63.8 Å². The summed E-state index contributed by atoms with van der Waals surface area (Å²) in [5.41, 5.74) is 14.0. The van der Waals surface area contributed by atoms with E-state index in [4.69, 9.17) is 9.97 Å². The van der Waals surface area contributed by atoms with Crippen molar-refractivity contribution in [3.63, 3.8) is 0 Å². The third-order valence-corrected chi connectivity index (χ3v) is 10.5. The monoisotopic (exact) mass is 717 g/mol. The Morgan fingerprint density at radius 1 is 0.564 bits per heavy atom. The van der Waals surface area contributed by atoms with E-state index in [0.29, 0.717) is 5.82 Å². The molecule has 6 aromatic carbocycles. The number of aromatic nitrogens is 3. The van der Waals surface area contributed by atoms with Gasteiger partial charge in [0.25, 0.3) is 0 Å². The van der Waals surface area contributed by atoms with Crippen molar-refractivity contribution in [2.75, 3.05) is 0 Å². The van der Waals surface area contributed by atoms with E-state index in [1.165, 1.54) is 16.7 Å². The smallest absolute Gasteiger partial charge is 0.149 e. The van der Waals surface area contributed by atoms with Crippen LogP contribution in [0.4, 0.5) is 0 Å². The van der Waals surface area contributed by atoms with Crippen LogP contribution in [0, 0.1) is 0 Å². The summed E-state index contributed by atoms with van der Waals surface area (Å²) >= 11 is 0. The van der Waals surface area contributed by atoms with Gasteiger partial charge in [0.05, 0.1) is 22.3 Å². The molecule has 0 saturated heterocycles. The second kappa shape index (κ2) is 14.2. The fraction of sp³-hybridized carbons (Fsp3) is 0.176. The molecule has 0 spiro atoms. The summed E-state index contributed by atoms with van der Waals surface area (Å²) in [6, 6.07) is 53.3. The van der Waals surface area contributed by atoms with Crippen LogP contribution in [0.15, 0.2) is 158 Å². The van der Waals surface area contributed by atoms with Gasteiger partial charge in [0, 0.05) is 28.6 Å². The topological polar surface area (TPSA) is 50.9 Å². The van der Waals surface area contributed by atoms with E-state index in [-0.39, 0.29) is 16.6 Å². The number of pyridine rings is 1. The first kappa shape index (κ1) is 35.8. The minimum atomic E-state index is -0.284. The third-order valence-electron chi connectivity index (χ3n) is 10.5. The highest BCUT2D eigenvalue weighted by Gasteiger charge is 2.28. The number of benzene rings is 6. The van der Waals surface area contributed by atoms with Gasteiger partial charge in [0.1, 0.15) is 11.6 Å². The molecule has 272 valence electrons. The molecule has 0 fully saturated rings. The molecular formula is C51H47N3O. The van der Waals surface area contributed by atoms with Gasteiger partial charge in [-0.05, 0) is 105 Å². The second-order valence-electron chi connectivity index (χ2n) is 16.5. The number of rotatable bonds is 7. The predicted octanol–water partition coefficient (Wildman–Crippen LogP) is 13.0. The number of para-hydroxylation sites is 2. The Hall–Kier alpha value is -6.26. The standard InChI is InChI=1S/C51H47N3O/c1-50(2,3)39-32-43(48(55)44(33-39)51(4,5)6)49-53-47-42(24-17-26-46(47)54(49)40-21-11-8-12-22-40)37-29-36(30-38(31-37)45-25-15-16-27-52-45)41-23-14-13-20-35(41)28-34-18-9-7-10-19-34/h7-27,29-33,55H,28H2,1-6H3. The largest absolute Gasteiger partial charge is 0.507 e. The van der Waals surface area contributed by atoms with Gasteiger partial charge >= 0.3 is 0 Å². The van der Waals surface area contributed by atoms with Crippen molar-refractivity contribution < 1.29 is 5.11 Å². The normalized spacial score (nSPS) is 12.0. The number of nitrogens with zero attached hydrogens (tertiary/aromatic N) is 3. The maximum Gasteiger partial charge on any atom is 0.149 e. The Labute approximate surface area is 324 Å². The average Bonchev–Trinajstić information content (AvgIpc) is 3.58. The van der Waals surface area contributed by atoms with Crippen molar-refractivity contribution in [2.24, 2.45) is 0 Å². The number of imidazole rings is 1. The van der Waals surface area contributed by atoms with E-state index >= 15 is 0 Å². The Balaban J connectivity index is 1.40. The quantitative estimate of drug-likeness (QED) is 0.179. The first-order chi connectivity index (χ1) is 26.5. The highest BCUT2D eigenvalue weighted by Crippen LogP contribution is 2.45. The molecule has 2 aromatic heterocycles. The third kappa shape index (κ3) is 7.08.